The molecule has 2 N–H and O–H groups in total. The van der Waals surface area contributed by atoms with Gasteiger partial charge in [0.2, 0.25) is 0 Å². The van der Waals surface area contributed by atoms with E-state index in [0.717, 1.165) is 25.2 Å². The van der Waals surface area contributed by atoms with Gasteiger partial charge in [0.25, 0.3) is 0 Å². The third-order valence-electron chi connectivity index (χ3n) is 6.33. The Morgan fingerprint density at radius 1 is 1.21 bits per heavy atom. The molecular formula is C18H33IN4O. The Hall–Kier alpha value is -0.0800. The van der Waals surface area contributed by atoms with E-state index in [9.17, 15) is 0 Å². The molecule has 0 aromatic heterocycles. The molecule has 24 heavy (non-hydrogen) atoms. The van der Waals surface area contributed by atoms with Crippen LogP contribution in [0.15, 0.2) is 4.99 Å². The van der Waals surface area contributed by atoms with Crippen LogP contribution >= 0.6 is 24.0 Å². The minimum Gasteiger partial charge on any atom is -0.377 e. The van der Waals surface area contributed by atoms with E-state index < -0.39 is 0 Å². The van der Waals surface area contributed by atoms with Crippen LogP contribution in [0.25, 0.3) is 0 Å². The standard InChI is InChI=1S/C18H32N4O.HI/c1-4-19-17(20-12-7-9-22(11-12)13-5-6-13)21-15-14-8-10-23-16(14)18(15,2)3;/h12-16H,4-11H2,1-3H3,(H2,19,20,21);1H. The fraction of sp³-hybridized carbons (Fsp3) is 0.944. The summed E-state index contributed by atoms with van der Waals surface area (Å²) in [7, 11) is 0. The largest absolute Gasteiger partial charge is 0.377 e. The lowest BCUT2D eigenvalue weighted by atomic mass is 9.57. The van der Waals surface area contributed by atoms with Crippen LogP contribution in [0.4, 0.5) is 0 Å². The van der Waals surface area contributed by atoms with Crippen LogP contribution in [0, 0.1) is 11.3 Å². The highest BCUT2D eigenvalue weighted by molar-refractivity contribution is 14.0. The Kier molecular flexibility index (Phi) is 5.67. The van der Waals surface area contributed by atoms with Gasteiger partial charge in [0.05, 0.1) is 6.10 Å². The molecule has 2 aliphatic heterocycles. The maximum absolute atomic E-state index is 5.91. The third-order valence-corrected chi connectivity index (χ3v) is 6.33. The van der Waals surface area contributed by atoms with Crippen molar-refractivity contribution in [2.45, 2.75) is 70.7 Å². The summed E-state index contributed by atoms with van der Waals surface area (Å²) < 4.78 is 5.91. The van der Waals surface area contributed by atoms with Crippen LogP contribution in [0.1, 0.15) is 46.5 Å². The van der Waals surface area contributed by atoms with Gasteiger partial charge in [-0.15, -0.1) is 24.0 Å². The van der Waals surface area contributed by atoms with Crippen LogP contribution in [0.5, 0.6) is 0 Å². The summed E-state index contributed by atoms with van der Waals surface area (Å²) >= 11 is 0. The van der Waals surface area contributed by atoms with Gasteiger partial charge in [-0.25, -0.2) is 0 Å². The lowest BCUT2D eigenvalue weighted by Crippen LogP contribution is -2.68. The van der Waals surface area contributed by atoms with Crippen molar-refractivity contribution in [3.63, 3.8) is 0 Å². The first-order valence-electron chi connectivity index (χ1n) is 9.52. The van der Waals surface area contributed by atoms with E-state index in [1.165, 1.54) is 38.8 Å². The maximum atomic E-state index is 5.91. The van der Waals surface area contributed by atoms with E-state index in [1.807, 2.05) is 0 Å². The van der Waals surface area contributed by atoms with E-state index in [-0.39, 0.29) is 29.4 Å². The molecule has 4 rings (SSSR count). The molecule has 0 spiro atoms. The Balaban J connectivity index is 0.00000169. The molecule has 4 fully saturated rings. The summed E-state index contributed by atoms with van der Waals surface area (Å²) in [5.41, 5.74) is 0.201. The molecule has 0 aromatic rings. The van der Waals surface area contributed by atoms with Gasteiger partial charge in [0.1, 0.15) is 0 Å². The molecule has 2 heterocycles. The number of hydrogen-bond acceptors (Lipinski definition) is 3. The van der Waals surface area contributed by atoms with E-state index in [4.69, 9.17) is 9.73 Å². The van der Waals surface area contributed by atoms with Crippen LogP contribution in [-0.4, -0.2) is 61.3 Å². The first-order valence-corrected chi connectivity index (χ1v) is 9.52. The van der Waals surface area contributed by atoms with Crippen LogP contribution in [0.2, 0.25) is 0 Å². The molecule has 4 atom stereocenters. The summed E-state index contributed by atoms with van der Waals surface area (Å²) in [4.78, 5) is 7.36. The zero-order chi connectivity index (χ0) is 16.0. The van der Waals surface area contributed by atoms with Gasteiger partial charge in [0, 0.05) is 55.7 Å². The topological polar surface area (TPSA) is 48.9 Å². The van der Waals surface area contributed by atoms with Crippen LogP contribution in [0.3, 0.4) is 0 Å². The molecule has 2 saturated heterocycles. The quantitative estimate of drug-likeness (QED) is 0.394. The fourth-order valence-corrected chi connectivity index (χ4v) is 4.93. The van der Waals surface area contributed by atoms with Gasteiger partial charge in [-0.05, 0) is 32.6 Å². The van der Waals surface area contributed by atoms with Crippen LogP contribution < -0.4 is 10.6 Å². The third kappa shape index (κ3) is 3.43. The molecule has 0 aromatic carbocycles. The van der Waals surface area contributed by atoms with Gasteiger partial charge >= 0.3 is 0 Å². The highest BCUT2D eigenvalue weighted by Gasteiger charge is 2.59. The molecule has 0 radical (unpaired) electrons. The van der Waals surface area contributed by atoms with Crippen molar-refractivity contribution >= 4 is 29.9 Å². The zero-order valence-electron chi connectivity index (χ0n) is 15.3. The molecule has 4 aliphatic rings. The summed E-state index contributed by atoms with van der Waals surface area (Å²) in [6.07, 6.45) is 5.66. The number of guanidine groups is 1. The van der Waals surface area contributed by atoms with E-state index >= 15 is 0 Å². The van der Waals surface area contributed by atoms with Crippen molar-refractivity contribution < 1.29 is 4.74 Å². The normalized spacial score (nSPS) is 38.2. The summed E-state index contributed by atoms with van der Waals surface area (Å²) in [6.45, 7) is 10.9. The predicted molar refractivity (Wildman–Crippen MR) is 108 cm³/mol. The number of aliphatic imine (C=N–C) groups is 1. The molecule has 138 valence electrons. The number of fused-ring (bicyclic) bond motifs is 1. The lowest BCUT2D eigenvalue weighted by Gasteiger charge is -2.55. The van der Waals surface area contributed by atoms with E-state index in [1.54, 1.807) is 0 Å². The highest BCUT2D eigenvalue weighted by atomic mass is 127. The van der Waals surface area contributed by atoms with Crippen molar-refractivity contribution in [3.8, 4) is 0 Å². The molecule has 5 nitrogen and oxygen atoms in total. The summed E-state index contributed by atoms with van der Waals surface area (Å²) in [6, 6.07) is 1.91. The van der Waals surface area contributed by atoms with Gasteiger partial charge in [0.15, 0.2) is 5.96 Å². The second kappa shape index (κ2) is 7.27. The lowest BCUT2D eigenvalue weighted by molar-refractivity contribution is -0.106. The number of likely N-dealkylation sites (tertiary alicyclic amines) is 1. The number of nitrogens with one attached hydrogen (secondary N) is 2. The molecule has 2 aliphatic carbocycles. The Bertz CT molecular complexity index is 480. The molecule has 0 amide bonds. The average Bonchev–Trinajstić information content (AvgIpc) is 3.09. The number of rotatable bonds is 4. The van der Waals surface area contributed by atoms with Gasteiger partial charge < -0.3 is 15.4 Å². The Labute approximate surface area is 163 Å². The minimum absolute atomic E-state index is 0. The second-order valence-corrected chi connectivity index (χ2v) is 8.37. The zero-order valence-corrected chi connectivity index (χ0v) is 17.6. The first-order chi connectivity index (χ1) is 11.1. The van der Waals surface area contributed by atoms with Gasteiger partial charge in [-0.1, -0.05) is 13.8 Å². The van der Waals surface area contributed by atoms with Crippen molar-refractivity contribution in [2.24, 2.45) is 16.3 Å². The molecule has 4 unspecified atom stereocenters. The maximum Gasteiger partial charge on any atom is 0.191 e. The van der Waals surface area contributed by atoms with E-state index in [2.05, 4.69) is 36.3 Å². The van der Waals surface area contributed by atoms with Crippen LogP contribution in [-0.2, 0) is 4.74 Å². The number of ether oxygens (including phenoxy) is 1. The van der Waals surface area contributed by atoms with Crippen molar-refractivity contribution in [3.05, 3.63) is 0 Å². The highest BCUT2D eigenvalue weighted by Crippen LogP contribution is 2.52. The van der Waals surface area contributed by atoms with Crippen molar-refractivity contribution in [1.29, 1.82) is 0 Å². The van der Waals surface area contributed by atoms with Crippen molar-refractivity contribution in [1.82, 2.24) is 15.5 Å². The molecule has 2 saturated carbocycles. The van der Waals surface area contributed by atoms with Crippen molar-refractivity contribution in [2.75, 3.05) is 26.2 Å². The monoisotopic (exact) mass is 448 g/mol. The predicted octanol–water partition coefficient (Wildman–Crippen LogP) is 2.21. The molecule has 6 heteroatoms. The average molecular weight is 448 g/mol. The molecular weight excluding hydrogens is 415 g/mol. The number of halogens is 1. The Morgan fingerprint density at radius 3 is 2.71 bits per heavy atom. The van der Waals surface area contributed by atoms with Gasteiger partial charge in [-0.3, -0.25) is 9.89 Å². The second-order valence-electron chi connectivity index (χ2n) is 8.37. The fourth-order valence-electron chi connectivity index (χ4n) is 4.93. The SMILES string of the molecule is CCN=C(NC1CCN(C2CC2)C1)NC1C2CCOC2C1(C)C.I. The minimum atomic E-state index is 0. The number of hydrogen-bond donors (Lipinski definition) is 2. The van der Waals surface area contributed by atoms with E-state index in [0.29, 0.717) is 24.1 Å². The van der Waals surface area contributed by atoms with Gasteiger partial charge in [-0.2, -0.15) is 0 Å². The summed E-state index contributed by atoms with van der Waals surface area (Å²) in [5, 5.41) is 7.45. The number of nitrogens with zero attached hydrogens (tertiary/aromatic N) is 2. The smallest absolute Gasteiger partial charge is 0.191 e. The summed E-state index contributed by atoms with van der Waals surface area (Å²) in [5.74, 6) is 1.67. The molecule has 0 bridgehead atoms. The first kappa shape index (κ1) is 18.7. The Morgan fingerprint density at radius 2 is 2.00 bits per heavy atom.